The highest BCUT2D eigenvalue weighted by atomic mass is 19.3. The van der Waals surface area contributed by atoms with Crippen molar-refractivity contribution in [3.8, 4) is 0 Å². The van der Waals surface area contributed by atoms with Crippen molar-refractivity contribution in [2.75, 3.05) is 13.2 Å². The average molecular weight is 261 g/mol. The molecule has 6 heteroatoms. The van der Waals surface area contributed by atoms with Crippen LogP contribution in [0.2, 0.25) is 0 Å². The molecule has 1 unspecified atom stereocenters. The molecule has 0 amide bonds. The van der Waals surface area contributed by atoms with E-state index in [-0.39, 0.29) is 12.2 Å². The number of aliphatic hydroxyl groups is 1. The molecule has 1 aliphatic rings. The molecule has 3 N–H and O–H groups in total. The predicted molar refractivity (Wildman–Crippen MR) is 58.6 cm³/mol. The van der Waals surface area contributed by atoms with Gasteiger partial charge in [-0.05, 0) is 6.07 Å². The normalized spacial score (nSPS) is 32.1. The van der Waals surface area contributed by atoms with Gasteiger partial charge in [0.15, 0.2) is 0 Å². The Bertz CT molecular complexity index is 430. The number of ether oxygens (including phenoxy) is 1. The summed E-state index contributed by atoms with van der Waals surface area (Å²) in [5.74, 6) is -1.62. The van der Waals surface area contributed by atoms with E-state index in [9.17, 15) is 18.3 Å². The van der Waals surface area contributed by atoms with Crippen molar-refractivity contribution in [1.82, 2.24) is 0 Å². The fraction of sp³-hybridized carbons (Fsp3) is 0.500. The van der Waals surface area contributed by atoms with Gasteiger partial charge in [0.25, 0.3) is 6.43 Å². The number of rotatable bonds is 3. The third-order valence-electron chi connectivity index (χ3n) is 3.39. The number of hydrogen-bond acceptors (Lipinski definition) is 3. The first-order valence-electron chi connectivity index (χ1n) is 5.55. The summed E-state index contributed by atoms with van der Waals surface area (Å²) in [7, 11) is 0. The molecule has 0 saturated carbocycles. The number of aliphatic hydroxyl groups excluding tert-OH is 1. The summed E-state index contributed by atoms with van der Waals surface area (Å²) in [6.45, 7) is -0.825. The monoisotopic (exact) mass is 261 g/mol. The first kappa shape index (κ1) is 13.3. The molecule has 0 spiro atoms. The maximum atomic E-state index is 13.7. The highest BCUT2D eigenvalue weighted by Crippen LogP contribution is 2.40. The Balaban J connectivity index is 2.39. The minimum Gasteiger partial charge on any atom is -0.396 e. The molecule has 1 fully saturated rings. The number of alkyl halides is 2. The molecule has 100 valence electrons. The van der Waals surface area contributed by atoms with Gasteiger partial charge in [-0.2, -0.15) is 0 Å². The Morgan fingerprint density at radius 2 is 2.11 bits per heavy atom. The van der Waals surface area contributed by atoms with Crippen LogP contribution in [0.15, 0.2) is 24.3 Å². The fourth-order valence-electron chi connectivity index (χ4n) is 2.38. The second kappa shape index (κ2) is 4.87. The highest BCUT2D eigenvalue weighted by Gasteiger charge is 2.52. The summed E-state index contributed by atoms with van der Waals surface area (Å²) < 4.78 is 44.2. The summed E-state index contributed by atoms with van der Waals surface area (Å²) in [6, 6.07) is 5.68. The van der Waals surface area contributed by atoms with Crippen molar-refractivity contribution in [2.45, 2.75) is 18.1 Å². The zero-order valence-corrected chi connectivity index (χ0v) is 9.52. The Kier molecular flexibility index (Phi) is 3.61. The van der Waals surface area contributed by atoms with Crippen molar-refractivity contribution in [3.05, 3.63) is 35.6 Å². The van der Waals surface area contributed by atoms with E-state index in [2.05, 4.69) is 0 Å². The third-order valence-corrected chi connectivity index (χ3v) is 3.39. The summed E-state index contributed by atoms with van der Waals surface area (Å²) in [6.07, 6.45) is -4.24. The van der Waals surface area contributed by atoms with Gasteiger partial charge in [0.1, 0.15) is 11.9 Å². The van der Waals surface area contributed by atoms with Crippen LogP contribution < -0.4 is 5.73 Å². The number of nitrogens with two attached hydrogens (primary N) is 1. The second-order valence-electron chi connectivity index (χ2n) is 4.42. The molecule has 1 aromatic rings. The second-order valence-corrected chi connectivity index (χ2v) is 4.42. The molecule has 3 nitrogen and oxygen atoms in total. The van der Waals surface area contributed by atoms with Gasteiger partial charge in [-0.15, -0.1) is 0 Å². The van der Waals surface area contributed by atoms with Crippen molar-refractivity contribution in [1.29, 1.82) is 0 Å². The lowest BCUT2D eigenvalue weighted by Crippen LogP contribution is -2.48. The van der Waals surface area contributed by atoms with E-state index in [0.717, 1.165) is 0 Å². The Morgan fingerprint density at radius 3 is 2.67 bits per heavy atom. The van der Waals surface area contributed by atoms with E-state index in [1.54, 1.807) is 6.07 Å². The SMILES string of the molecule is N[C@@]1(c2ccccc2F)COC(C(F)F)[C@H]1CO. The third kappa shape index (κ3) is 2.00. The van der Waals surface area contributed by atoms with Gasteiger partial charge in [0.2, 0.25) is 0 Å². The molecule has 0 aromatic heterocycles. The molecule has 0 aliphatic carbocycles. The lowest BCUT2D eigenvalue weighted by molar-refractivity contribution is -0.0476. The average Bonchev–Trinajstić information content (AvgIpc) is 2.68. The maximum Gasteiger partial charge on any atom is 0.264 e. The minimum absolute atomic E-state index is 0.0900. The van der Waals surface area contributed by atoms with Crippen LogP contribution >= 0.6 is 0 Å². The first-order chi connectivity index (χ1) is 8.50. The Morgan fingerprint density at radius 1 is 1.44 bits per heavy atom. The van der Waals surface area contributed by atoms with Crippen LogP contribution in [-0.4, -0.2) is 30.8 Å². The molecule has 2 rings (SSSR count). The number of halogens is 3. The zero-order valence-electron chi connectivity index (χ0n) is 9.52. The molecular formula is C12H14F3NO2. The lowest BCUT2D eigenvalue weighted by Gasteiger charge is -2.30. The molecular weight excluding hydrogens is 247 g/mol. The van der Waals surface area contributed by atoms with Crippen molar-refractivity contribution >= 4 is 0 Å². The van der Waals surface area contributed by atoms with Gasteiger partial charge in [-0.3, -0.25) is 0 Å². The van der Waals surface area contributed by atoms with Gasteiger partial charge in [0.05, 0.1) is 18.8 Å². The molecule has 1 heterocycles. The van der Waals surface area contributed by atoms with Gasteiger partial charge in [0, 0.05) is 11.5 Å². The molecule has 0 radical (unpaired) electrons. The molecule has 1 aliphatic heterocycles. The Hall–Kier alpha value is -1.11. The predicted octanol–water partition coefficient (Wildman–Crippen LogP) is 1.25. The molecule has 18 heavy (non-hydrogen) atoms. The topological polar surface area (TPSA) is 55.5 Å². The minimum atomic E-state index is -2.76. The molecule has 1 saturated heterocycles. The van der Waals surface area contributed by atoms with E-state index >= 15 is 0 Å². The van der Waals surface area contributed by atoms with Crippen LogP contribution in [0.1, 0.15) is 5.56 Å². The van der Waals surface area contributed by atoms with Crippen LogP contribution in [0, 0.1) is 11.7 Å². The van der Waals surface area contributed by atoms with E-state index in [4.69, 9.17) is 10.5 Å². The lowest BCUT2D eigenvalue weighted by atomic mass is 9.79. The van der Waals surface area contributed by atoms with Gasteiger partial charge >= 0.3 is 0 Å². The van der Waals surface area contributed by atoms with Gasteiger partial charge in [-0.1, -0.05) is 18.2 Å². The maximum absolute atomic E-state index is 13.7. The first-order valence-corrected chi connectivity index (χ1v) is 5.55. The Labute approximate surface area is 102 Å². The van der Waals surface area contributed by atoms with Gasteiger partial charge in [-0.25, -0.2) is 13.2 Å². The zero-order chi connectivity index (χ0) is 13.3. The van der Waals surface area contributed by atoms with Crippen LogP contribution in [0.25, 0.3) is 0 Å². The van der Waals surface area contributed by atoms with Crippen molar-refractivity contribution in [3.63, 3.8) is 0 Å². The summed E-state index contributed by atoms with van der Waals surface area (Å²) in [4.78, 5) is 0. The smallest absolute Gasteiger partial charge is 0.264 e. The summed E-state index contributed by atoms with van der Waals surface area (Å²) in [5, 5.41) is 9.26. The quantitative estimate of drug-likeness (QED) is 0.861. The largest absolute Gasteiger partial charge is 0.396 e. The number of hydrogen-bond donors (Lipinski definition) is 2. The molecule has 3 atom stereocenters. The summed E-state index contributed by atoms with van der Waals surface area (Å²) >= 11 is 0. The van der Waals surface area contributed by atoms with Crippen LogP contribution in [0.4, 0.5) is 13.2 Å². The fourth-order valence-corrected chi connectivity index (χ4v) is 2.38. The van der Waals surface area contributed by atoms with Crippen LogP contribution in [0.3, 0.4) is 0 Å². The van der Waals surface area contributed by atoms with Crippen LogP contribution in [-0.2, 0) is 10.3 Å². The standard InChI is InChI=1S/C12H14F3NO2/c13-9-4-2-1-3-7(9)12(16)6-18-10(11(14)15)8(12)5-17/h1-4,8,10-11,17H,5-6,16H2/t8-,10?,12-/m1/s1. The number of benzene rings is 1. The molecule has 0 bridgehead atoms. The molecule has 1 aromatic carbocycles. The van der Waals surface area contributed by atoms with E-state index in [1.165, 1.54) is 18.2 Å². The van der Waals surface area contributed by atoms with Crippen molar-refractivity contribution in [2.24, 2.45) is 11.7 Å². The van der Waals surface area contributed by atoms with E-state index < -0.39 is 36.4 Å². The highest BCUT2D eigenvalue weighted by molar-refractivity contribution is 5.29. The summed E-state index contributed by atoms with van der Waals surface area (Å²) in [5.41, 5.74) is 4.67. The van der Waals surface area contributed by atoms with Gasteiger partial charge < -0.3 is 15.6 Å². The van der Waals surface area contributed by atoms with Crippen molar-refractivity contribution < 1.29 is 23.0 Å². The van der Waals surface area contributed by atoms with E-state index in [1.807, 2.05) is 0 Å². The van der Waals surface area contributed by atoms with E-state index in [0.29, 0.717) is 0 Å². The van der Waals surface area contributed by atoms with Crippen LogP contribution in [0.5, 0.6) is 0 Å².